The van der Waals surface area contributed by atoms with Gasteiger partial charge in [0.2, 0.25) is 0 Å². The molecule has 0 amide bonds. The van der Waals surface area contributed by atoms with Gasteiger partial charge in [-0.05, 0) is 31.0 Å². The highest BCUT2D eigenvalue weighted by Gasteiger charge is 2.20. The Morgan fingerprint density at radius 1 is 1.15 bits per heavy atom. The van der Waals surface area contributed by atoms with Gasteiger partial charge in [-0.3, -0.25) is 5.84 Å². The normalized spacial score (nSPS) is 12.2. The molecule has 2 aromatic carbocycles. The third kappa shape index (κ3) is 2.66. The number of rotatable bonds is 4. The number of halogens is 1. The van der Waals surface area contributed by atoms with E-state index in [0.29, 0.717) is 5.56 Å². The highest BCUT2D eigenvalue weighted by molar-refractivity contribution is 5.42. The Labute approximate surface area is 118 Å². The summed E-state index contributed by atoms with van der Waals surface area (Å²) in [5.41, 5.74) is 6.29. The first-order chi connectivity index (χ1) is 9.58. The lowest BCUT2D eigenvalue weighted by atomic mass is 9.93. The minimum Gasteiger partial charge on any atom is -0.494 e. The number of hydrazine groups is 1. The zero-order valence-electron chi connectivity index (χ0n) is 11.9. The van der Waals surface area contributed by atoms with Gasteiger partial charge in [-0.25, -0.2) is 9.82 Å². The highest BCUT2D eigenvalue weighted by atomic mass is 19.1. The summed E-state index contributed by atoms with van der Waals surface area (Å²) >= 11 is 0. The van der Waals surface area contributed by atoms with Gasteiger partial charge in [0.1, 0.15) is 0 Å². The lowest BCUT2D eigenvalue weighted by Crippen LogP contribution is -2.30. The van der Waals surface area contributed by atoms with Gasteiger partial charge >= 0.3 is 0 Å². The average molecular weight is 274 g/mol. The smallest absolute Gasteiger partial charge is 0.170 e. The van der Waals surface area contributed by atoms with E-state index in [-0.39, 0.29) is 11.6 Å². The highest BCUT2D eigenvalue weighted by Crippen LogP contribution is 2.30. The first-order valence-electron chi connectivity index (χ1n) is 6.44. The third-order valence-electron chi connectivity index (χ3n) is 3.44. The maximum absolute atomic E-state index is 14.4. The Morgan fingerprint density at radius 3 is 2.55 bits per heavy atom. The number of nitrogens with two attached hydrogens (primary N) is 1. The summed E-state index contributed by atoms with van der Waals surface area (Å²) in [6.07, 6.45) is 0. The molecule has 1 atom stereocenters. The maximum Gasteiger partial charge on any atom is 0.170 e. The van der Waals surface area contributed by atoms with Crippen molar-refractivity contribution >= 4 is 0 Å². The second kappa shape index (κ2) is 6.03. The van der Waals surface area contributed by atoms with E-state index in [9.17, 15) is 4.39 Å². The topological polar surface area (TPSA) is 47.3 Å². The monoisotopic (exact) mass is 274 g/mol. The SMILES string of the molecule is COc1cccc(C(NN)c2cc(C)ccc2C)c1F. The summed E-state index contributed by atoms with van der Waals surface area (Å²) < 4.78 is 19.4. The van der Waals surface area contributed by atoms with E-state index in [1.807, 2.05) is 32.0 Å². The summed E-state index contributed by atoms with van der Waals surface area (Å²) in [5.74, 6) is 5.48. The molecule has 2 rings (SSSR count). The second-order valence-corrected chi connectivity index (χ2v) is 4.82. The lowest BCUT2D eigenvalue weighted by Gasteiger charge is -2.21. The van der Waals surface area contributed by atoms with Crippen LogP contribution in [0.5, 0.6) is 5.75 Å². The molecule has 0 aliphatic heterocycles. The van der Waals surface area contributed by atoms with Crippen LogP contribution < -0.4 is 16.0 Å². The summed E-state index contributed by atoms with van der Waals surface area (Å²) in [4.78, 5) is 0. The Bertz CT molecular complexity index is 613. The summed E-state index contributed by atoms with van der Waals surface area (Å²) in [5, 5.41) is 0. The zero-order valence-corrected chi connectivity index (χ0v) is 11.9. The van der Waals surface area contributed by atoms with Crippen LogP contribution in [0.3, 0.4) is 0 Å². The molecule has 0 aliphatic carbocycles. The quantitative estimate of drug-likeness (QED) is 0.665. The molecular weight excluding hydrogens is 255 g/mol. The fraction of sp³-hybridized carbons (Fsp3) is 0.250. The summed E-state index contributed by atoms with van der Waals surface area (Å²) in [6, 6.07) is 10.7. The van der Waals surface area contributed by atoms with Crippen LogP contribution in [-0.4, -0.2) is 7.11 Å². The van der Waals surface area contributed by atoms with Crippen LogP contribution >= 0.6 is 0 Å². The number of aryl methyl sites for hydroxylation is 2. The van der Waals surface area contributed by atoms with Crippen molar-refractivity contribution in [1.82, 2.24) is 5.43 Å². The molecule has 0 aromatic heterocycles. The molecule has 20 heavy (non-hydrogen) atoms. The number of hydrogen-bond acceptors (Lipinski definition) is 3. The van der Waals surface area contributed by atoms with Crippen molar-refractivity contribution in [3.8, 4) is 5.75 Å². The van der Waals surface area contributed by atoms with Crippen molar-refractivity contribution in [3.63, 3.8) is 0 Å². The molecule has 0 spiro atoms. The molecular formula is C16H19FN2O. The van der Waals surface area contributed by atoms with Gasteiger partial charge in [-0.2, -0.15) is 0 Å². The minimum absolute atomic E-state index is 0.216. The van der Waals surface area contributed by atoms with Gasteiger partial charge < -0.3 is 4.74 Å². The molecule has 0 fully saturated rings. The fourth-order valence-electron chi connectivity index (χ4n) is 2.33. The average Bonchev–Trinajstić information content (AvgIpc) is 2.45. The van der Waals surface area contributed by atoms with Crippen molar-refractivity contribution in [2.45, 2.75) is 19.9 Å². The van der Waals surface area contributed by atoms with E-state index in [2.05, 4.69) is 5.43 Å². The van der Waals surface area contributed by atoms with Crippen LogP contribution in [0.15, 0.2) is 36.4 Å². The van der Waals surface area contributed by atoms with Crippen LogP contribution in [0.2, 0.25) is 0 Å². The van der Waals surface area contributed by atoms with E-state index in [4.69, 9.17) is 10.6 Å². The molecule has 0 radical (unpaired) electrons. The number of nitrogens with one attached hydrogen (secondary N) is 1. The molecule has 3 N–H and O–H groups in total. The zero-order chi connectivity index (χ0) is 14.7. The molecule has 0 aliphatic rings. The van der Waals surface area contributed by atoms with Gasteiger partial charge in [-0.15, -0.1) is 0 Å². The van der Waals surface area contributed by atoms with Crippen molar-refractivity contribution in [3.05, 3.63) is 64.5 Å². The van der Waals surface area contributed by atoms with E-state index >= 15 is 0 Å². The Balaban J connectivity index is 2.55. The molecule has 106 valence electrons. The van der Waals surface area contributed by atoms with Gasteiger partial charge in [0.25, 0.3) is 0 Å². The maximum atomic E-state index is 14.4. The van der Waals surface area contributed by atoms with E-state index in [1.165, 1.54) is 7.11 Å². The molecule has 2 aromatic rings. The molecule has 1 unspecified atom stereocenters. The van der Waals surface area contributed by atoms with Gasteiger partial charge in [0, 0.05) is 5.56 Å². The van der Waals surface area contributed by atoms with Crippen LogP contribution in [0.1, 0.15) is 28.3 Å². The second-order valence-electron chi connectivity index (χ2n) is 4.82. The lowest BCUT2D eigenvalue weighted by molar-refractivity contribution is 0.381. The predicted molar refractivity (Wildman–Crippen MR) is 78.0 cm³/mol. The Hall–Kier alpha value is -1.91. The van der Waals surface area contributed by atoms with E-state index < -0.39 is 6.04 Å². The standard InChI is InChI=1S/C16H19FN2O/c1-10-7-8-11(2)13(9-10)16(19-18)12-5-4-6-14(20-3)15(12)17/h4-9,16,19H,18H2,1-3H3. The van der Waals surface area contributed by atoms with Crippen LogP contribution in [0, 0.1) is 19.7 Å². The van der Waals surface area contributed by atoms with Gasteiger partial charge in [-0.1, -0.05) is 35.9 Å². The summed E-state index contributed by atoms with van der Waals surface area (Å²) in [6.45, 7) is 3.98. The minimum atomic E-state index is -0.412. The van der Waals surface area contributed by atoms with Crippen molar-refractivity contribution < 1.29 is 9.13 Å². The molecule has 0 bridgehead atoms. The Kier molecular flexibility index (Phi) is 4.37. The number of benzene rings is 2. The van der Waals surface area contributed by atoms with Crippen LogP contribution in [0.25, 0.3) is 0 Å². The van der Waals surface area contributed by atoms with Crippen LogP contribution in [0.4, 0.5) is 4.39 Å². The molecule has 3 nitrogen and oxygen atoms in total. The Morgan fingerprint density at radius 2 is 1.90 bits per heavy atom. The van der Waals surface area contributed by atoms with Gasteiger partial charge in [0.15, 0.2) is 11.6 Å². The van der Waals surface area contributed by atoms with Gasteiger partial charge in [0.05, 0.1) is 13.2 Å². The molecule has 0 saturated carbocycles. The first kappa shape index (κ1) is 14.5. The van der Waals surface area contributed by atoms with Crippen molar-refractivity contribution in [2.75, 3.05) is 7.11 Å². The summed E-state index contributed by atoms with van der Waals surface area (Å²) in [7, 11) is 1.45. The fourth-order valence-corrected chi connectivity index (χ4v) is 2.33. The van der Waals surface area contributed by atoms with Crippen LogP contribution in [-0.2, 0) is 0 Å². The number of methoxy groups -OCH3 is 1. The predicted octanol–water partition coefficient (Wildman–Crippen LogP) is 3.00. The van der Waals surface area contributed by atoms with Crippen molar-refractivity contribution in [1.29, 1.82) is 0 Å². The third-order valence-corrected chi connectivity index (χ3v) is 3.44. The molecule has 0 saturated heterocycles. The van der Waals surface area contributed by atoms with Crippen molar-refractivity contribution in [2.24, 2.45) is 5.84 Å². The largest absolute Gasteiger partial charge is 0.494 e. The number of ether oxygens (including phenoxy) is 1. The number of hydrogen-bond donors (Lipinski definition) is 2. The first-order valence-corrected chi connectivity index (χ1v) is 6.44. The van der Waals surface area contributed by atoms with E-state index in [0.717, 1.165) is 16.7 Å². The van der Waals surface area contributed by atoms with E-state index in [1.54, 1.807) is 18.2 Å². The molecule has 0 heterocycles. The molecule has 4 heteroatoms.